The van der Waals surface area contributed by atoms with E-state index in [2.05, 4.69) is 4.98 Å². The van der Waals surface area contributed by atoms with Gasteiger partial charge in [-0.05, 0) is 31.4 Å². The maximum absolute atomic E-state index is 12.6. The zero-order valence-corrected chi connectivity index (χ0v) is 13.3. The van der Waals surface area contributed by atoms with Crippen molar-refractivity contribution >= 4 is 27.3 Å². The molecule has 21 heavy (non-hydrogen) atoms. The Morgan fingerprint density at radius 2 is 2.10 bits per heavy atom. The number of fused-ring (bicyclic) bond motifs is 1. The van der Waals surface area contributed by atoms with Gasteiger partial charge in [0.05, 0.1) is 0 Å². The van der Waals surface area contributed by atoms with E-state index in [0.29, 0.717) is 25.0 Å². The van der Waals surface area contributed by atoms with Crippen molar-refractivity contribution in [3.63, 3.8) is 0 Å². The molecule has 1 N–H and O–H groups in total. The van der Waals surface area contributed by atoms with E-state index in [-0.39, 0.29) is 16.8 Å². The van der Waals surface area contributed by atoms with Crippen LogP contribution in [-0.2, 0) is 10.0 Å². The highest BCUT2D eigenvalue weighted by molar-refractivity contribution is 7.89. The van der Waals surface area contributed by atoms with Gasteiger partial charge >= 0.3 is 0 Å². The van der Waals surface area contributed by atoms with Gasteiger partial charge in [0.1, 0.15) is 5.65 Å². The maximum Gasteiger partial charge on any atom is 0.262 e. The van der Waals surface area contributed by atoms with Gasteiger partial charge in [-0.3, -0.25) is 4.40 Å². The molecule has 0 saturated heterocycles. The second kappa shape index (κ2) is 6.74. The summed E-state index contributed by atoms with van der Waals surface area (Å²) in [7, 11) is -2.18. The number of pyridine rings is 1. The van der Waals surface area contributed by atoms with Crippen LogP contribution in [0, 0.1) is 0 Å². The van der Waals surface area contributed by atoms with Crippen LogP contribution in [0.25, 0.3) is 5.65 Å². The van der Waals surface area contributed by atoms with Crippen molar-refractivity contribution in [2.24, 2.45) is 0 Å². The lowest BCUT2D eigenvalue weighted by Gasteiger charge is -2.16. The average Bonchev–Trinajstić information content (AvgIpc) is 2.79. The van der Waals surface area contributed by atoms with E-state index in [1.54, 1.807) is 24.4 Å². The zero-order valence-electron chi connectivity index (χ0n) is 11.7. The molecule has 0 saturated carbocycles. The predicted octanol–water partition coefficient (Wildman–Crippen LogP) is 1.77. The monoisotopic (exact) mass is 331 g/mol. The van der Waals surface area contributed by atoms with Gasteiger partial charge in [-0.2, -0.15) is 4.31 Å². The molecule has 0 spiro atoms. The molecule has 2 aromatic rings. The Morgan fingerprint density at radius 1 is 1.33 bits per heavy atom. The summed E-state index contributed by atoms with van der Waals surface area (Å²) >= 11 is 6.01. The van der Waals surface area contributed by atoms with E-state index in [0.717, 1.165) is 6.42 Å². The lowest BCUT2D eigenvalue weighted by molar-refractivity contribution is 0.281. The number of aliphatic hydroxyl groups is 1. The van der Waals surface area contributed by atoms with Crippen LogP contribution in [0.5, 0.6) is 0 Å². The highest BCUT2D eigenvalue weighted by atomic mass is 35.5. The maximum atomic E-state index is 12.6. The van der Waals surface area contributed by atoms with Gasteiger partial charge < -0.3 is 5.11 Å². The van der Waals surface area contributed by atoms with Crippen LogP contribution >= 0.6 is 11.6 Å². The summed E-state index contributed by atoms with van der Waals surface area (Å²) in [6.07, 6.45) is 3.76. The van der Waals surface area contributed by atoms with Crippen LogP contribution in [0.1, 0.15) is 19.3 Å². The molecule has 0 unspecified atom stereocenters. The first-order valence-electron chi connectivity index (χ1n) is 6.68. The summed E-state index contributed by atoms with van der Waals surface area (Å²) in [4.78, 5) is 4.06. The molecule has 0 aromatic carbocycles. The van der Waals surface area contributed by atoms with Gasteiger partial charge in [-0.1, -0.05) is 17.7 Å². The van der Waals surface area contributed by atoms with Crippen LogP contribution in [0.2, 0.25) is 5.15 Å². The third kappa shape index (κ3) is 3.37. The Bertz CT molecular complexity index is 715. The summed E-state index contributed by atoms with van der Waals surface area (Å²) in [5.41, 5.74) is 0.495. The van der Waals surface area contributed by atoms with E-state index < -0.39 is 10.0 Å². The summed E-state index contributed by atoms with van der Waals surface area (Å²) in [6.45, 7) is 0.494. The number of nitrogens with zero attached hydrogens (tertiary/aromatic N) is 3. The molecule has 2 aromatic heterocycles. The van der Waals surface area contributed by atoms with Gasteiger partial charge in [-0.15, -0.1) is 0 Å². The molecule has 0 atom stereocenters. The first-order chi connectivity index (χ1) is 9.98. The number of sulfonamides is 1. The van der Waals surface area contributed by atoms with Gasteiger partial charge in [-0.25, -0.2) is 13.4 Å². The Morgan fingerprint density at radius 3 is 2.81 bits per heavy atom. The standard InChI is InChI=1S/C13H18ClN3O3S/c1-16(8-4-2-6-10-18)21(19,20)13-12(14)15-11-7-3-5-9-17(11)13/h3,5,7,9,18H,2,4,6,8,10H2,1H3. The van der Waals surface area contributed by atoms with Crippen molar-refractivity contribution in [2.75, 3.05) is 20.2 Å². The molecular formula is C13H18ClN3O3S. The van der Waals surface area contributed by atoms with E-state index in [9.17, 15) is 8.42 Å². The SMILES string of the molecule is CN(CCCCCO)S(=O)(=O)c1c(Cl)nc2ccccn12. The molecule has 116 valence electrons. The summed E-state index contributed by atoms with van der Waals surface area (Å²) < 4.78 is 28.0. The van der Waals surface area contributed by atoms with E-state index in [1.807, 2.05) is 0 Å². The molecule has 2 rings (SSSR count). The first kappa shape index (κ1) is 16.2. The number of hydrogen-bond acceptors (Lipinski definition) is 4. The molecule has 0 amide bonds. The summed E-state index contributed by atoms with van der Waals surface area (Å²) in [6, 6.07) is 5.20. The minimum absolute atomic E-state index is 0.00979. The Hall–Kier alpha value is -1.15. The lowest BCUT2D eigenvalue weighted by Crippen LogP contribution is -2.29. The highest BCUT2D eigenvalue weighted by Crippen LogP contribution is 2.25. The van der Waals surface area contributed by atoms with Crippen LogP contribution in [0.3, 0.4) is 0 Å². The highest BCUT2D eigenvalue weighted by Gasteiger charge is 2.28. The minimum Gasteiger partial charge on any atom is -0.396 e. The minimum atomic E-state index is -3.70. The van der Waals surface area contributed by atoms with Gasteiger partial charge in [0.2, 0.25) is 0 Å². The Balaban J connectivity index is 2.27. The predicted molar refractivity (Wildman–Crippen MR) is 81.0 cm³/mol. The van der Waals surface area contributed by atoms with Crippen molar-refractivity contribution in [1.29, 1.82) is 0 Å². The largest absolute Gasteiger partial charge is 0.396 e. The molecule has 0 fully saturated rings. The van der Waals surface area contributed by atoms with Crippen molar-refractivity contribution in [3.8, 4) is 0 Å². The molecule has 0 aliphatic rings. The van der Waals surface area contributed by atoms with Crippen LogP contribution in [0.4, 0.5) is 0 Å². The molecule has 0 bridgehead atoms. The zero-order chi connectivity index (χ0) is 15.5. The number of rotatable bonds is 7. The average molecular weight is 332 g/mol. The van der Waals surface area contributed by atoms with Crippen molar-refractivity contribution in [3.05, 3.63) is 29.5 Å². The fourth-order valence-corrected chi connectivity index (χ4v) is 3.86. The number of aliphatic hydroxyl groups excluding tert-OH is 1. The normalized spacial score (nSPS) is 12.4. The fraction of sp³-hybridized carbons (Fsp3) is 0.462. The third-order valence-electron chi connectivity index (χ3n) is 3.23. The molecule has 2 heterocycles. The van der Waals surface area contributed by atoms with E-state index >= 15 is 0 Å². The van der Waals surface area contributed by atoms with Crippen LogP contribution < -0.4 is 0 Å². The number of unbranched alkanes of at least 4 members (excludes halogenated alkanes) is 2. The second-order valence-corrected chi connectivity index (χ2v) is 7.07. The number of aromatic nitrogens is 2. The van der Waals surface area contributed by atoms with Gasteiger partial charge in [0, 0.05) is 26.4 Å². The summed E-state index contributed by atoms with van der Waals surface area (Å²) in [5, 5.41) is 8.70. The molecule has 6 nitrogen and oxygen atoms in total. The summed E-state index contributed by atoms with van der Waals surface area (Å²) in [5.74, 6) is 0. The quantitative estimate of drug-likeness (QED) is 0.785. The molecular weight excluding hydrogens is 314 g/mol. The molecule has 8 heteroatoms. The van der Waals surface area contributed by atoms with Gasteiger partial charge in [0.25, 0.3) is 10.0 Å². The van der Waals surface area contributed by atoms with E-state index in [4.69, 9.17) is 16.7 Å². The lowest BCUT2D eigenvalue weighted by atomic mass is 10.2. The smallest absolute Gasteiger partial charge is 0.262 e. The third-order valence-corrected chi connectivity index (χ3v) is 5.49. The number of imidazole rings is 1. The van der Waals surface area contributed by atoms with Crippen molar-refractivity contribution in [2.45, 2.75) is 24.3 Å². The molecule has 0 aliphatic carbocycles. The van der Waals surface area contributed by atoms with Crippen molar-refractivity contribution in [1.82, 2.24) is 13.7 Å². The topological polar surface area (TPSA) is 74.9 Å². The van der Waals surface area contributed by atoms with E-state index in [1.165, 1.54) is 15.8 Å². The number of hydrogen-bond donors (Lipinski definition) is 1. The van der Waals surface area contributed by atoms with Crippen LogP contribution in [0.15, 0.2) is 29.4 Å². The Kier molecular flexibility index (Phi) is 5.21. The first-order valence-corrected chi connectivity index (χ1v) is 8.50. The van der Waals surface area contributed by atoms with Crippen molar-refractivity contribution < 1.29 is 13.5 Å². The fourth-order valence-electron chi connectivity index (χ4n) is 2.07. The van der Waals surface area contributed by atoms with Crippen LogP contribution in [-0.4, -0.2) is 47.4 Å². The van der Waals surface area contributed by atoms with Gasteiger partial charge in [0.15, 0.2) is 10.2 Å². The number of halogens is 1. The Labute approximate surface area is 129 Å². The molecule has 0 radical (unpaired) electrons. The second-order valence-electron chi connectivity index (χ2n) is 4.75. The molecule has 0 aliphatic heterocycles.